The van der Waals surface area contributed by atoms with Gasteiger partial charge in [-0.2, -0.15) is 0 Å². The van der Waals surface area contributed by atoms with Gasteiger partial charge in [0.2, 0.25) is 0 Å². The molecule has 2 heterocycles. The Kier molecular flexibility index (Phi) is 4.13. The molecule has 0 saturated carbocycles. The Bertz CT molecular complexity index is 885. The molecule has 1 aliphatic heterocycles. The van der Waals surface area contributed by atoms with Crippen LogP contribution in [0.2, 0.25) is 0 Å². The number of aromatic amines is 1. The Balaban J connectivity index is 2.07. The van der Waals surface area contributed by atoms with Crippen molar-refractivity contribution in [2.45, 2.75) is 13.8 Å². The van der Waals surface area contributed by atoms with E-state index in [0.717, 1.165) is 22.5 Å². The van der Waals surface area contributed by atoms with Crippen LogP contribution in [0.1, 0.15) is 22.5 Å². The zero-order valence-corrected chi connectivity index (χ0v) is 15.4. The quantitative estimate of drug-likeness (QED) is 0.691. The number of hydrogen-bond donors (Lipinski definition) is 1. The van der Waals surface area contributed by atoms with E-state index in [1.165, 1.54) is 4.90 Å². The van der Waals surface area contributed by atoms with Gasteiger partial charge in [0.25, 0.3) is 11.8 Å². The number of anilines is 1. The van der Waals surface area contributed by atoms with Crippen LogP contribution in [0, 0.1) is 13.8 Å². The Morgan fingerprint density at radius 3 is 2.48 bits per heavy atom. The Morgan fingerprint density at radius 1 is 1.20 bits per heavy atom. The number of hydrogen-bond acceptors (Lipinski definition) is 2. The molecule has 130 valence electrons. The maximum Gasteiger partial charge on any atom is 0.289 e. The third-order valence-corrected chi connectivity index (χ3v) is 4.21. The summed E-state index contributed by atoms with van der Waals surface area (Å²) >= 11 is 0. The second-order valence-corrected chi connectivity index (χ2v) is 7.61. The van der Waals surface area contributed by atoms with Gasteiger partial charge in [-0.15, -0.1) is 0 Å². The van der Waals surface area contributed by atoms with Gasteiger partial charge < -0.3 is 9.47 Å². The number of likely N-dealkylation sites (N-methyl/N-ethyl adjacent to an activating group) is 1. The first-order valence-corrected chi connectivity index (χ1v) is 8.32. The smallest absolute Gasteiger partial charge is 0.289 e. The van der Waals surface area contributed by atoms with Gasteiger partial charge in [-0.3, -0.25) is 9.59 Å². The van der Waals surface area contributed by atoms with Gasteiger partial charge >= 0.3 is 0 Å². The van der Waals surface area contributed by atoms with Crippen molar-refractivity contribution in [2.75, 3.05) is 32.6 Å². The molecule has 0 radical (unpaired) electrons. The number of rotatable bonds is 3. The highest BCUT2D eigenvalue weighted by atomic mass is 16.2. The lowest BCUT2D eigenvalue weighted by Crippen LogP contribution is -2.47. The minimum absolute atomic E-state index is 0.187. The van der Waals surface area contributed by atoms with Crippen molar-refractivity contribution in [1.29, 1.82) is 0 Å². The highest BCUT2D eigenvalue weighted by Gasteiger charge is 2.38. The lowest BCUT2D eigenvalue weighted by molar-refractivity contribution is -0.862. The summed E-state index contributed by atoms with van der Waals surface area (Å²) in [6, 6.07) is 9.50. The number of imide groups is 1. The maximum atomic E-state index is 13.0. The number of nitrogens with one attached hydrogen (secondary N) is 1. The van der Waals surface area contributed by atoms with E-state index in [0.29, 0.717) is 15.7 Å². The summed E-state index contributed by atoms with van der Waals surface area (Å²) in [7, 11) is 5.81. The van der Waals surface area contributed by atoms with Gasteiger partial charge in [0.1, 0.15) is 0 Å². The SMILES string of the molecule is Cc1cc(C)c(C=C2C(=O)N(C(=O)C[N+](C)(C)C)c3ccccc32)[nH]1. The molecule has 1 N–H and O–H groups in total. The molecule has 25 heavy (non-hydrogen) atoms. The summed E-state index contributed by atoms with van der Waals surface area (Å²) in [6.07, 6.45) is 1.85. The Hall–Kier alpha value is -2.66. The lowest BCUT2D eigenvalue weighted by Gasteiger charge is -2.25. The topological polar surface area (TPSA) is 53.2 Å². The number of fused-ring (bicyclic) bond motifs is 1. The van der Waals surface area contributed by atoms with Crippen molar-refractivity contribution < 1.29 is 14.1 Å². The normalized spacial score (nSPS) is 15.8. The van der Waals surface area contributed by atoms with Crippen LogP contribution in [0.25, 0.3) is 11.6 Å². The first-order valence-electron chi connectivity index (χ1n) is 8.32. The Morgan fingerprint density at radius 2 is 1.88 bits per heavy atom. The van der Waals surface area contributed by atoms with Crippen LogP contribution < -0.4 is 4.90 Å². The molecule has 0 unspecified atom stereocenters. The summed E-state index contributed by atoms with van der Waals surface area (Å²) in [5.74, 6) is -0.445. The molecule has 0 atom stereocenters. The first-order chi connectivity index (χ1) is 11.7. The largest absolute Gasteiger partial charge is 0.359 e. The molecule has 0 aliphatic carbocycles. The second kappa shape index (κ2) is 6.01. The number of quaternary nitrogens is 1. The average Bonchev–Trinajstić information content (AvgIpc) is 2.95. The summed E-state index contributed by atoms with van der Waals surface area (Å²) in [4.78, 5) is 30.4. The number of carbonyl (C=O) groups excluding carboxylic acids is 2. The standard InChI is InChI=1S/C20H23N3O2/c1-13-10-14(2)21-17(13)11-16-15-8-6-7-9-18(15)22(20(16)25)19(24)12-23(3,4)5/h6-11H,12H2,1-5H3/p+1. The van der Waals surface area contributed by atoms with Gasteiger partial charge in [0.15, 0.2) is 6.54 Å². The average molecular weight is 338 g/mol. The molecule has 5 heteroatoms. The molecule has 0 bridgehead atoms. The fourth-order valence-electron chi connectivity index (χ4n) is 3.15. The number of aryl methyl sites for hydroxylation is 2. The number of amides is 2. The van der Waals surface area contributed by atoms with Crippen LogP contribution in [0.3, 0.4) is 0 Å². The van der Waals surface area contributed by atoms with Crippen molar-refractivity contribution in [3.8, 4) is 0 Å². The van der Waals surface area contributed by atoms with E-state index in [2.05, 4.69) is 4.98 Å². The predicted molar refractivity (Wildman–Crippen MR) is 100.0 cm³/mol. The molecule has 1 aliphatic rings. The van der Waals surface area contributed by atoms with Gasteiger partial charge in [0, 0.05) is 17.0 Å². The van der Waals surface area contributed by atoms with Gasteiger partial charge in [-0.05, 0) is 37.6 Å². The zero-order valence-electron chi connectivity index (χ0n) is 15.4. The maximum absolute atomic E-state index is 13.0. The van der Waals surface area contributed by atoms with E-state index in [9.17, 15) is 9.59 Å². The minimum atomic E-state index is -0.258. The van der Waals surface area contributed by atoms with Crippen molar-refractivity contribution in [3.05, 3.63) is 52.8 Å². The molecule has 5 nitrogen and oxygen atoms in total. The molecular formula is C20H24N3O2+. The van der Waals surface area contributed by atoms with Gasteiger partial charge in [-0.1, -0.05) is 18.2 Å². The summed E-state index contributed by atoms with van der Waals surface area (Å²) in [6.45, 7) is 4.24. The summed E-state index contributed by atoms with van der Waals surface area (Å²) in [5.41, 5.74) is 5.03. The minimum Gasteiger partial charge on any atom is -0.359 e. The molecule has 0 fully saturated rings. The third kappa shape index (κ3) is 3.28. The number of H-pyrrole nitrogens is 1. The van der Waals surface area contributed by atoms with Crippen molar-refractivity contribution >= 4 is 29.2 Å². The monoisotopic (exact) mass is 338 g/mol. The number of carbonyl (C=O) groups is 2. The molecular weight excluding hydrogens is 314 g/mol. The van der Waals surface area contributed by atoms with Crippen molar-refractivity contribution in [3.63, 3.8) is 0 Å². The van der Waals surface area contributed by atoms with Crippen LogP contribution >= 0.6 is 0 Å². The van der Waals surface area contributed by atoms with Crippen LogP contribution in [0.4, 0.5) is 5.69 Å². The summed E-state index contributed by atoms with van der Waals surface area (Å²) < 4.78 is 0.471. The molecule has 0 saturated heterocycles. The van der Waals surface area contributed by atoms with Crippen LogP contribution in [0.5, 0.6) is 0 Å². The third-order valence-electron chi connectivity index (χ3n) is 4.21. The molecule has 1 aromatic heterocycles. The zero-order chi connectivity index (χ0) is 18.4. The van der Waals surface area contributed by atoms with E-state index in [4.69, 9.17) is 0 Å². The van der Waals surface area contributed by atoms with E-state index >= 15 is 0 Å². The number of benzene rings is 1. The van der Waals surface area contributed by atoms with E-state index < -0.39 is 0 Å². The van der Waals surface area contributed by atoms with E-state index in [-0.39, 0.29) is 18.4 Å². The van der Waals surface area contributed by atoms with Gasteiger partial charge in [0.05, 0.1) is 32.4 Å². The molecule has 2 aromatic rings. The highest BCUT2D eigenvalue weighted by molar-refractivity contribution is 6.42. The van der Waals surface area contributed by atoms with Crippen LogP contribution in [-0.2, 0) is 9.59 Å². The fraction of sp³-hybridized carbons (Fsp3) is 0.300. The Labute approximate surface area is 148 Å². The number of para-hydroxylation sites is 1. The van der Waals surface area contributed by atoms with Crippen molar-refractivity contribution in [1.82, 2.24) is 4.98 Å². The van der Waals surface area contributed by atoms with Crippen molar-refractivity contribution in [2.24, 2.45) is 0 Å². The lowest BCUT2D eigenvalue weighted by atomic mass is 10.1. The number of nitrogens with zero attached hydrogens (tertiary/aromatic N) is 2. The highest BCUT2D eigenvalue weighted by Crippen LogP contribution is 2.38. The molecule has 1 aromatic carbocycles. The fourth-order valence-corrected chi connectivity index (χ4v) is 3.15. The predicted octanol–water partition coefficient (Wildman–Crippen LogP) is 2.75. The van der Waals surface area contributed by atoms with Gasteiger partial charge in [-0.25, -0.2) is 4.90 Å². The van der Waals surface area contributed by atoms with Crippen LogP contribution in [-0.4, -0.2) is 49.0 Å². The molecule has 2 amide bonds. The second-order valence-electron chi connectivity index (χ2n) is 7.61. The van der Waals surface area contributed by atoms with E-state index in [1.54, 1.807) is 0 Å². The first kappa shape index (κ1) is 17.2. The summed E-state index contributed by atoms with van der Waals surface area (Å²) in [5, 5.41) is 0. The van der Waals surface area contributed by atoms with E-state index in [1.807, 2.05) is 71.4 Å². The van der Waals surface area contributed by atoms with Crippen LogP contribution in [0.15, 0.2) is 30.3 Å². The number of aromatic nitrogens is 1. The molecule has 3 rings (SSSR count). The molecule has 0 spiro atoms.